The third-order valence-electron chi connectivity index (χ3n) is 10.3. The Hall–Kier alpha value is -5.51. The molecule has 8 rings (SSSR count). The summed E-state index contributed by atoms with van der Waals surface area (Å²) >= 11 is 13.5. The van der Waals surface area contributed by atoms with E-state index in [2.05, 4.69) is 15.6 Å². The van der Waals surface area contributed by atoms with Crippen LogP contribution in [-0.4, -0.2) is 56.7 Å². The lowest BCUT2D eigenvalue weighted by atomic mass is 9.94. The summed E-state index contributed by atoms with van der Waals surface area (Å²) in [5, 5.41) is 14.9. The maximum absolute atomic E-state index is 14.4. The molecule has 2 aliphatic heterocycles. The van der Waals surface area contributed by atoms with Crippen LogP contribution >= 0.6 is 34.5 Å². The maximum Gasteiger partial charge on any atom is 0.290 e. The fourth-order valence-corrected chi connectivity index (χ4v) is 10.2. The quantitative estimate of drug-likeness (QED) is 0.0967. The van der Waals surface area contributed by atoms with Crippen LogP contribution in [0, 0.1) is 12.7 Å². The van der Waals surface area contributed by atoms with Gasteiger partial charge in [0.1, 0.15) is 46.0 Å². The molecule has 0 saturated heterocycles. The smallest absolute Gasteiger partial charge is 0.290 e. The standard InChI is InChI=1S/C45H41Cl2FN4O5S2.CH2O2/c1-3-49-45-51-27(2)44(58-45)59(54)52-24-34-23-41-40(56-26-42(57-41)32-11-15-36(16-12-32)55-25-29-6-17-37(46)38(47)20-29)22-33(34)21-39(52)43(53)50-19-18-28-4-7-30(8-5-28)31-9-13-35(48)14-10-31;2-1-3/h4-17,20,22-23,39,42H,3,18-19,21,24-26H2,1-2H3,(H,49,51)(H,50,53);1H,(H,2,3). The molecule has 6 aromatic rings. The van der Waals surface area contributed by atoms with Crippen LogP contribution in [-0.2, 0) is 46.6 Å². The molecule has 3 atom stereocenters. The van der Waals surface area contributed by atoms with Crippen LogP contribution in [0.1, 0.15) is 46.5 Å². The highest BCUT2D eigenvalue weighted by molar-refractivity contribution is 7.85. The number of thiazole rings is 1. The number of aromatic nitrogens is 1. The van der Waals surface area contributed by atoms with Crippen molar-refractivity contribution in [2.24, 2.45) is 0 Å². The Balaban J connectivity index is 0.00000187. The normalized spacial score (nSPS) is 16.0. The minimum atomic E-state index is -1.67. The summed E-state index contributed by atoms with van der Waals surface area (Å²) in [4.78, 5) is 27.0. The van der Waals surface area contributed by atoms with Crippen molar-refractivity contribution in [1.82, 2.24) is 14.6 Å². The first kappa shape index (κ1) is 44.5. The summed E-state index contributed by atoms with van der Waals surface area (Å²) in [6.45, 7) is 5.56. The van der Waals surface area contributed by atoms with Crippen LogP contribution in [0.25, 0.3) is 11.1 Å². The first-order valence-corrected chi connectivity index (χ1v) is 22.4. The molecule has 322 valence electrons. The molecule has 0 spiro atoms. The van der Waals surface area contributed by atoms with Gasteiger partial charge in [0.2, 0.25) is 5.91 Å². The van der Waals surface area contributed by atoms with Crippen molar-refractivity contribution in [2.45, 2.75) is 56.2 Å². The molecule has 0 fully saturated rings. The number of hydrogen-bond donors (Lipinski definition) is 3. The molecular formula is C46H43Cl2FN4O7S2. The number of carbonyl (C=O) groups excluding carboxylic acids is 1. The van der Waals surface area contributed by atoms with Crippen molar-refractivity contribution in [3.05, 3.63) is 153 Å². The number of hydrogen-bond acceptors (Lipinski definition) is 9. The lowest BCUT2D eigenvalue weighted by molar-refractivity contribution is -0.125. The van der Waals surface area contributed by atoms with E-state index in [0.29, 0.717) is 81.5 Å². The zero-order valence-corrected chi connectivity index (χ0v) is 36.9. The molecule has 3 heterocycles. The Kier molecular flexibility index (Phi) is 14.8. The second kappa shape index (κ2) is 20.6. The van der Waals surface area contributed by atoms with E-state index >= 15 is 0 Å². The van der Waals surface area contributed by atoms with Crippen molar-refractivity contribution < 1.29 is 37.5 Å². The number of aryl methyl sites for hydroxylation is 1. The number of ether oxygens (including phenoxy) is 3. The highest BCUT2D eigenvalue weighted by Gasteiger charge is 2.38. The Labute approximate surface area is 375 Å². The van der Waals surface area contributed by atoms with Gasteiger partial charge >= 0.3 is 0 Å². The lowest BCUT2D eigenvalue weighted by Crippen LogP contribution is -2.51. The number of carbonyl (C=O) groups is 2. The number of halogens is 3. The van der Waals surface area contributed by atoms with E-state index in [1.807, 2.05) is 80.6 Å². The topological polar surface area (TPSA) is 139 Å². The highest BCUT2D eigenvalue weighted by Crippen LogP contribution is 2.42. The third-order valence-corrected chi connectivity index (χ3v) is 14.0. The summed E-state index contributed by atoms with van der Waals surface area (Å²) in [7, 11) is -1.67. The Morgan fingerprint density at radius 1 is 0.968 bits per heavy atom. The van der Waals surface area contributed by atoms with Crippen LogP contribution in [0.4, 0.5) is 9.52 Å². The van der Waals surface area contributed by atoms with Crippen LogP contribution in [0.5, 0.6) is 17.2 Å². The fourth-order valence-electron chi connectivity index (χ4n) is 7.10. The predicted molar refractivity (Wildman–Crippen MR) is 240 cm³/mol. The highest BCUT2D eigenvalue weighted by atomic mass is 35.5. The molecule has 62 heavy (non-hydrogen) atoms. The Bertz CT molecular complexity index is 2540. The van der Waals surface area contributed by atoms with Crippen molar-refractivity contribution >= 4 is 63.0 Å². The van der Waals surface area contributed by atoms with Gasteiger partial charge in [-0.15, -0.1) is 0 Å². The van der Waals surface area contributed by atoms with E-state index in [1.165, 1.54) is 23.5 Å². The number of amides is 1. The number of benzene rings is 5. The Morgan fingerprint density at radius 2 is 1.65 bits per heavy atom. The van der Waals surface area contributed by atoms with Gasteiger partial charge in [-0.05, 0) is 114 Å². The van der Waals surface area contributed by atoms with Crippen molar-refractivity contribution in [1.29, 1.82) is 0 Å². The number of nitrogens with one attached hydrogen (secondary N) is 2. The summed E-state index contributed by atoms with van der Waals surface area (Å²) < 4.78 is 49.0. The third kappa shape index (κ3) is 10.7. The zero-order chi connectivity index (χ0) is 43.8. The summed E-state index contributed by atoms with van der Waals surface area (Å²) in [6, 6.07) is 30.7. The van der Waals surface area contributed by atoms with Crippen LogP contribution in [0.2, 0.25) is 10.0 Å². The molecule has 11 nitrogen and oxygen atoms in total. The number of fused-ring (bicyclic) bond motifs is 2. The zero-order valence-electron chi connectivity index (χ0n) is 33.7. The van der Waals surface area contributed by atoms with Crippen LogP contribution < -0.4 is 24.8 Å². The number of rotatable bonds is 13. The minimum absolute atomic E-state index is 0.208. The number of nitrogens with zero attached hydrogens (tertiary/aromatic N) is 2. The van der Waals surface area contributed by atoms with Gasteiger partial charge in [0.25, 0.3) is 6.47 Å². The second-order valence-corrected chi connectivity index (χ2v) is 17.9. The molecule has 16 heteroatoms. The first-order valence-electron chi connectivity index (χ1n) is 19.8. The summed E-state index contributed by atoms with van der Waals surface area (Å²) in [6.07, 6.45) is 0.581. The van der Waals surface area contributed by atoms with Gasteiger partial charge in [0.05, 0.1) is 15.7 Å². The molecule has 0 aliphatic carbocycles. The van der Waals surface area contributed by atoms with Gasteiger partial charge in [0, 0.05) is 19.6 Å². The number of carboxylic acid groups (broad SMARTS) is 1. The van der Waals surface area contributed by atoms with Gasteiger partial charge in [-0.25, -0.2) is 17.9 Å². The van der Waals surface area contributed by atoms with Gasteiger partial charge < -0.3 is 30.0 Å². The first-order chi connectivity index (χ1) is 30.0. The van der Waals surface area contributed by atoms with E-state index in [0.717, 1.165) is 38.9 Å². The van der Waals surface area contributed by atoms with Gasteiger partial charge in [0.15, 0.2) is 22.7 Å². The van der Waals surface area contributed by atoms with Crippen LogP contribution in [0.15, 0.2) is 107 Å². The molecule has 0 bridgehead atoms. The molecule has 5 aromatic carbocycles. The Morgan fingerprint density at radius 3 is 2.34 bits per heavy atom. The van der Waals surface area contributed by atoms with E-state index in [4.69, 9.17) is 47.3 Å². The molecule has 1 aromatic heterocycles. The average molecular weight is 918 g/mol. The minimum Gasteiger partial charge on any atom is -0.489 e. The SMILES string of the molecule is CCNc1nc(C)c(S(=O)N2Cc3cc4c(cc3CC2C(=O)NCCc2ccc(-c3ccc(F)cc3)cc2)OCC(c2ccc(OCc3ccc(Cl)c(Cl)c3)cc2)O4)s1.O=CO. The number of anilines is 1. The maximum atomic E-state index is 14.4. The monoisotopic (exact) mass is 916 g/mol. The van der Waals surface area contributed by atoms with Crippen molar-refractivity contribution in [2.75, 3.05) is 25.0 Å². The lowest BCUT2D eigenvalue weighted by Gasteiger charge is -2.36. The molecule has 1 amide bonds. The average Bonchev–Trinajstić information content (AvgIpc) is 3.65. The fraction of sp³-hybridized carbons (Fsp3) is 0.239. The molecule has 0 radical (unpaired) electrons. The van der Waals surface area contributed by atoms with Crippen molar-refractivity contribution in [3.63, 3.8) is 0 Å². The summed E-state index contributed by atoms with van der Waals surface area (Å²) in [5.41, 5.74) is 7.30. The molecule has 3 unspecified atom stereocenters. The van der Waals surface area contributed by atoms with Gasteiger partial charge in [-0.1, -0.05) is 89.1 Å². The summed E-state index contributed by atoms with van der Waals surface area (Å²) in [5.74, 6) is 1.41. The molecule has 0 saturated carbocycles. The second-order valence-electron chi connectivity index (χ2n) is 14.4. The van der Waals surface area contributed by atoms with E-state index in [1.54, 1.807) is 28.6 Å². The van der Waals surface area contributed by atoms with Gasteiger partial charge in [-0.3, -0.25) is 9.59 Å². The largest absolute Gasteiger partial charge is 0.489 e. The van der Waals surface area contributed by atoms with E-state index in [-0.39, 0.29) is 30.8 Å². The van der Waals surface area contributed by atoms with E-state index < -0.39 is 17.0 Å². The van der Waals surface area contributed by atoms with E-state index in [9.17, 15) is 13.4 Å². The van der Waals surface area contributed by atoms with Crippen molar-refractivity contribution in [3.8, 4) is 28.4 Å². The van der Waals surface area contributed by atoms with Crippen LogP contribution in [0.3, 0.4) is 0 Å². The molecule has 2 aliphatic rings. The molecule has 3 N–H and O–H groups in total. The predicted octanol–water partition coefficient (Wildman–Crippen LogP) is 9.60. The molecular weight excluding hydrogens is 875 g/mol. The van der Waals surface area contributed by atoms with Gasteiger partial charge in [-0.2, -0.15) is 0 Å².